The highest BCUT2D eigenvalue weighted by molar-refractivity contribution is 6.42. The highest BCUT2D eigenvalue weighted by Gasteiger charge is 2.27. The predicted octanol–water partition coefficient (Wildman–Crippen LogP) is 5.44. The molecule has 2 aromatic rings. The summed E-state index contributed by atoms with van der Waals surface area (Å²) < 4.78 is 5.86. The van der Waals surface area contributed by atoms with Crippen molar-refractivity contribution in [3.8, 4) is 5.75 Å². The van der Waals surface area contributed by atoms with E-state index in [1.54, 1.807) is 25.1 Å². The average molecular weight is 465 g/mol. The molecule has 2 amide bonds. The van der Waals surface area contributed by atoms with Crippen LogP contribution in [0.5, 0.6) is 5.75 Å². The second-order valence-corrected chi connectivity index (χ2v) is 8.90. The summed E-state index contributed by atoms with van der Waals surface area (Å²) in [5, 5.41) is 3.69. The molecule has 0 aliphatic carbocycles. The number of para-hydroxylation sites is 1. The summed E-state index contributed by atoms with van der Waals surface area (Å²) >= 11 is 12.1. The molecular weight excluding hydrogens is 435 g/mol. The molecular formula is C24H30Cl2N2O3. The lowest BCUT2D eigenvalue weighted by molar-refractivity contribution is -0.142. The monoisotopic (exact) mass is 464 g/mol. The van der Waals surface area contributed by atoms with Crippen LogP contribution < -0.4 is 10.1 Å². The van der Waals surface area contributed by atoms with Gasteiger partial charge in [-0.3, -0.25) is 9.59 Å². The minimum Gasteiger partial charge on any atom is -0.483 e. The van der Waals surface area contributed by atoms with Crippen LogP contribution in [0.25, 0.3) is 0 Å². The van der Waals surface area contributed by atoms with Crippen molar-refractivity contribution in [1.29, 1.82) is 0 Å². The maximum Gasteiger partial charge on any atom is 0.261 e. The van der Waals surface area contributed by atoms with Crippen LogP contribution in [0.2, 0.25) is 10.0 Å². The van der Waals surface area contributed by atoms with Gasteiger partial charge in [-0.25, -0.2) is 0 Å². The molecule has 0 radical (unpaired) electrons. The number of hydrogen-bond acceptors (Lipinski definition) is 3. The van der Waals surface area contributed by atoms with Crippen LogP contribution in [0.15, 0.2) is 42.5 Å². The zero-order valence-corrected chi connectivity index (χ0v) is 20.1. The molecule has 0 aliphatic rings. The maximum atomic E-state index is 13.1. The molecule has 168 valence electrons. The standard InChI is InChI=1S/C24H30Cl2N2O3/c1-15(2)19-8-6-7-9-22(19)31-14-23(29)28(17(5)24(30)27-16(3)4)13-18-10-11-20(25)21(26)12-18/h6-12,15-17H,13-14H2,1-5H3,(H,27,30)/t17-/m0/s1. The third-order valence-corrected chi connectivity index (χ3v) is 5.57. The first-order chi connectivity index (χ1) is 14.6. The molecule has 0 saturated heterocycles. The van der Waals surface area contributed by atoms with Crippen molar-refractivity contribution in [3.05, 3.63) is 63.6 Å². The Balaban J connectivity index is 2.23. The largest absolute Gasteiger partial charge is 0.483 e. The number of rotatable bonds is 9. The molecule has 0 aromatic heterocycles. The number of benzene rings is 2. The Morgan fingerprint density at radius 3 is 2.29 bits per heavy atom. The highest BCUT2D eigenvalue weighted by Crippen LogP contribution is 2.26. The van der Waals surface area contributed by atoms with Crippen molar-refractivity contribution in [1.82, 2.24) is 10.2 Å². The first-order valence-corrected chi connectivity index (χ1v) is 11.1. The fourth-order valence-corrected chi connectivity index (χ4v) is 3.45. The normalized spacial score (nSPS) is 12.0. The summed E-state index contributed by atoms with van der Waals surface area (Å²) in [5.74, 6) is 0.399. The topological polar surface area (TPSA) is 58.6 Å². The molecule has 1 N–H and O–H groups in total. The SMILES string of the molecule is CC(C)NC(=O)[C@H](C)N(Cc1ccc(Cl)c(Cl)c1)C(=O)COc1ccccc1C(C)C. The van der Waals surface area contributed by atoms with Crippen molar-refractivity contribution in [2.45, 2.75) is 59.2 Å². The predicted molar refractivity (Wildman–Crippen MR) is 126 cm³/mol. The Labute approximate surface area is 194 Å². The molecule has 0 aliphatic heterocycles. The molecule has 5 nitrogen and oxygen atoms in total. The number of nitrogens with one attached hydrogen (secondary N) is 1. The molecule has 1 atom stereocenters. The van der Waals surface area contributed by atoms with Gasteiger partial charge >= 0.3 is 0 Å². The number of hydrogen-bond donors (Lipinski definition) is 1. The third-order valence-electron chi connectivity index (χ3n) is 4.83. The number of carbonyl (C=O) groups is 2. The minimum atomic E-state index is -0.687. The molecule has 0 heterocycles. The summed E-state index contributed by atoms with van der Waals surface area (Å²) in [5.41, 5.74) is 1.80. The zero-order chi connectivity index (χ0) is 23.1. The highest BCUT2D eigenvalue weighted by atomic mass is 35.5. The van der Waals surface area contributed by atoms with Crippen LogP contribution in [-0.4, -0.2) is 35.4 Å². The van der Waals surface area contributed by atoms with Gasteiger partial charge in [-0.2, -0.15) is 0 Å². The zero-order valence-electron chi connectivity index (χ0n) is 18.6. The summed E-state index contributed by atoms with van der Waals surface area (Å²) in [7, 11) is 0. The van der Waals surface area contributed by atoms with Gasteiger partial charge in [0, 0.05) is 12.6 Å². The van der Waals surface area contributed by atoms with Crippen molar-refractivity contribution < 1.29 is 14.3 Å². The Morgan fingerprint density at radius 2 is 1.68 bits per heavy atom. The van der Waals surface area contributed by atoms with E-state index >= 15 is 0 Å². The van der Waals surface area contributed by atoms with E-state index in [0.29, 0.717) is 15.8 Å². The van der Waals surface area contributed by atoms with Crippen LogP contribution in [0.3, 0.4) is 0 Å². The van der Waals surface area contributed by atoms with E-state index in [9.17, 15) is 9.59 Å². The lowest BCUT2D eigenvalue weighted by atomic mass is 10.0. The second-order valence-electron chi connectivity index (χ2n) is 8.09. The van der Waals surface area contributed by atoms with Crippen LogP contribution in [0.1, 0.15) is 51.7 Å². The van der Waals surface area contributed by atoms with Crippen molar-refractivity contribution >= 4 is 35.0 Å². The van der Waals surface area contributed by atoms with E-state index in [2.05, 4.69) is 19.2 Å². The van der Waals surface area contributed by atoms with Crippen LogP contribution in [0.4, 0.5) is 0 Å². The van der Waals surface area contributed by atoms with Crippen molar-refractivity contribution in [3.63, 3.8) is 0 Å². The first-order valence-electron chi connectivity index (χ1n) is 10.4. The quantitative estimate of drug-likeness (QED) is 0.537. The van der Waals surface area contributed by atoms with Gasteiger partial charge in [0.05, 0.1) is 10.0 Å². The van der Waals surface area contributed by atoms with E-state index in [4.69, 9.17) is 27.9 Å². The first kappa shape index (κ1) is 25.0. The van der Waals surface area contributed by atoms with Gasteiger partial charge in [0.2, 0.25) is 5.91 Å². The number of carbonyl (C=O) groups excluding carboxylic acids is 2. The Morgan fingerprint density at radius 1 is 1.00 bits per heavy atom. The van der Waals surface area contributed by atoms with Crippen LogP contribution >= 0.6 is 23.2 Å². The van der Waals surface area contributed by atoms with E-state index in [0.717, 1.165) is 11.1 Å². The van der Waals surface area contributed by atoms with Gasteiger partial charge in [0.25, 0.3) is 5.91 Å². The fourth-order valence-electron chi connectivity index (χ4n) is 3.13. The maximum absolute atomic E-state index is 13.1. The molecule has 2 aromatic carbocycles. The van der Waals surface area contributed by atoms with Crippen molar-refractivity contribution in [2.75, 3.05) is 6.61 Å². The lowest BCUT2D eigenvalue weighted by Gasteiger charge is -2.29. The molecule has 0 saturated carbocycles. The summed E-state index contributed by atoms with van der Waals surface area (Å²) in [4.78, 5) is 27.3. The molecule has 31 heavy (non-hydrogen) atoms. The number of ether oxygens (including phenoxy) is 1. The van der Waals surface area contributed by atoms with E-state index < -0.39 is 6.04 Å². The number of halogens is 2. The third kappa shape index (κ3) is 7.15. The Bertz CT molecular complexity index is 915. The van der Waals surface area contributed by atoms with Gasteiger partial charge in [0.1, 0.15) is 11.8 Å². The smallest absolute Gasteiger partial charge is 0.261 e. The van der Waals surface area contributed by atoms with Gasteiger partial charge < -0.3 is 15.0 Å². The Hall–Kier alpha value is -2.24. The van der Waals surface area contributed by atoms with E-state index in [1.807, 2.05) is 38.1 Å². The fraction of sp³-hybridized carbons (Fsp3) is 0.417. The van der Waals surface area contributed by atoms with Gasteiger partial charge in [-0.05, 0) is 56.0 Å². The van der Waals surface area contributed by atoms with Gasteiger partial charge in [-0.1, -0.05) is 61.3 Å². The van der Waals surface area contributed by atoms with E-state index in [-0.39, 0.29) is 36.9 Å². The second kappa shape index (κ2) is 11.4. The molecule has 2 rings (SSSR count). The van der Waals surface area contributed by atoms with E-state index in [1.165, 1.54) is 4.90 Å². The number of nitrogens with zero attached hydrogens (tertiary/aromatic N) is 1. The average Bonchev–Trinajstić information content (AvgIpc) is 2.71. The van der Waals surface area contributed by atoms with Crippen LogP contribution in [0, 0.1) is 0 Å². The molecule has 0 bridgehead atoms. The molecule has 0 fully saturated rings. The van der Waals surface area contributed by atoms with Gasteiger partial charge in [0.15, 0.2) is 6.61 Å². The lowest BCUT2D eigenvalue weighted by Crippen LogP contribution is -2.50. The molecule has 7 heteroatoms. The minimum absolute atomic E-state index is 0.0361. The van der Waals surface area contributed by atoms with Gasteiger partial charge in [-0.15, -0.1) is 0 Å². The van der Waals surface area contributed by atoms with Crippen molar-refractivity contribution in [2.24, 2.45) is 0 Å². The molecule has 0 spiro atoms. The summed E-state index contributed by atoms with van der Waals surface area (Å²) in [6, 6.07) is 12.1. The van der Waals surface area contributed by atoms with Crippen LogP contribution in [-0.2, 0) is 16.1 Å². The Kier molecular flexibility index (Phi) is 9.20. The summed E-state index contributed by atoms with van der Waals surface area (Å²) in [6.07, 6.45) is 0. The number of amides is 2. The molecule has 0 unspecified atom stereocenters. The summed E-state index contributed by atoms with van der Waals surface area (Å²) in [6.45, 7) is 9.62.